The molecule has 1 amide bonds. The van der Waals surface area contributed by atoms with Crippen molar-refractivity contribution in [2.75, 3.05) is 16.8 Å². The van der Waals surface area contributed by atoms with Crippen molar-refractivity contribution in [2.24, 2.45) is 0 Å². The Balaban J connectivity index is 1.56. The van der Waals surface area contributed by atoms with Crippen LogP contribution in [0.1, 0.15) is 37.7 Å². The summed E-state index contributed by atoms with van der Waals surface area (Å²) in [5, 5.41) is 2.15. The van der Waals surface area contributed by atoms with Gasteiger partial charge < -0.3 is 5.32 Å². The highest BCUT2D eigenvalue weighted by molar-refractivity contribution is 7.92. The number of hydrogen-bond acceptors (Lipinski definition) is 5. The maximum Gasteiger partial charge on any atom is 0.239 e. The van der Waals surface area contributed by atoms with Crippen LogP contribution >= 0.6 is 0 Å². The summed E-state index contributed by atoms with van der Waals surface area (Å²) in [6.07, 6.45) is 4.18. The van der Waals surface area contributed by atoms with E-state index in [-0.39, 0.29) is 15.9 Å². The van der Waals surface area contributed by atoms with E-state index in [2.05, 4.69) is 5.32 Å². The smallest absolute Gasteiger partial charge is 0.239 e. The number of hydrogen-bond donors (Lipinski definition) is 1. The molecule has 1 N–H and O–H groups in total. The van der Waals surface area contributed by atoms with Gasteiger partial charge in [-0.05, 0) is 49.4 Å². The molecule has 6 nitrogen and oxygen atoms in total. The monoisotopic (exact) mass is 449 g/mol. The fourth-order valence-corrected chi connectivity index (χ4v) is 6.85. The van der Waals surface area contributed by atoms with Crippen molar-refractivity contribution in [3.8, 4) is 0 Å². The number of carbonyl (C=O) groups is 1. The zero-order valence-electron chi connectivity index (χ0n) is 16.8. The Morgan fingerprint density at radius 2 is 1.63 bits per heavy atom. The summed E-state index contributed by atoms with van der Waals surface area (Å²) < 4.78 is 50.0. The summed E-state index contributed by atoms with van der Waals surface area (Å²) in [5.74, 6) is -1.36. The van der Waals surface area contributed by atoms with E-state index in [0.717, 1.165) is 18.4 Å². The van der Waals surface area contributed by atoms with E-state index in [1.165, 1.54) is 12.1 Å². The molecule has 1 saturated carbocycles. The van der Waals surface area contributed by atoms with Gasteiger partial charge in [-0.15, -0.1) is 0 Å². The molecule has 0 unspecified atom stereocenters. The lowest BCUT2D eigenvalue weighted by Crippen LogP contribution is -2.25. The highest BCUT2D eigenvalue weighted by atomic mass is 32.2. The average molecular weight is 450 g/mol. The van der Waals surface area contributed by atoms with Gasteiger partial charge in [-0.25, -0.2) is 16.8 Å². The molecule has 1 aliphatic carbocycles. The molecular formula is C22H27NO5S2. The minimum Gasteiger partial charge on any atom is -0.325 e. The van der Waals surface area contributed by atoms with Crippen LogP contribution in [0, 0.1) is 0 Å². The fraction of sp³-hybridized carbons (Fsp3) is 0.409. The number of rotatable bonds is 9. The molecule has 0 bridgehead atoms. The normalized spacial score (nSPS) is 15.2. The van der Waals surface area contributed by atoms with E-state index >= 15 is 0 Å². The van der Waals surface area contributed by atoms with Gasteiger partial charge in [0, 0.05) is 5.69 Å². The summed E-state index contributed by atoms with van der Waals surface area (Å²) >= 11 is 0. The van der Waals surface area contributed by atoms with Crippen molar-refractivity contribution >= 4 is 31.3 Å². The third-order valence-electron chi connectivity index (χ3n) is 5.30. The predicted octanol–water partition coefficient (Wildman–Crippen LogP) is 3.39. The molecule has 0 aliphatic heterocycles. The molecule has 3 rings (SSSR count). The summed E-state index contributed by atoms with van der Waals surface area (Å²) in [7, 11) is -6.99. The Morgan fingerprint density at radius 3 is 2.33 bits per heavy atom. The van der Waals surface area contributed by atoms with E-state index in [4.69, 9.17) is 0 Å². The molecule has 2 aromatic carbocycles. The van der Waals surface area contributed by atoms with E-state index in [1.54, 1.807) is 12.1 Å². The van der Waals surface area contributed by atoms with Crippen molar-refractivity contribution < 1.29 is 21.6 Å². The highest BCUT2D eigenvalue weighted by Gasteiger charge is 2.30. The van der Waals surface area contributed by atoms with Crippen LogP contribution in [0.5, 0.6) is 0 Å². The second kappa shape index (κ2) is 9.75. The Labute approximate surface area is 178 Å². The lowest BCUT2D eigenvalue weighted by Gasteiger charge is -2.13. The van der Waals surface area contributed by atoms with Crippen molar-refractivity contribution in [3.05, 3.63) is 60.2 Å². The van der Waals surface area contributed by atoms with E-state index in [0.29, 0.717) is 31.4 Å². The van der Waals surface area contributed by atoms with Gasteiger partial charge >= 0.3 is 0 Å². The molecule has 0 heterocycles. The summed E-state index contributed by atoms with van der Waals surface area (Å²) in [4.78, 5) is 12.4. The Morgan fingerprint density at radius 1 is 0.933 bits per heavy atom. The lowest BCUT2D eigenvalue weighted by atomic mass is 10.1. The minimum absolute atomic E-state index is 0.0780. The van der Waals surface area contributed by atoms with Gasteiger partial charge in [0.1, 0.15) is 5.75 Å². The Kier molecular flexibility index (Phi) is 7.31. The van der Waals surface area contributed by atoms with E-state index in [9.17, 15) is 21.6 Å². The first-order chi connectivity index (χ1) is 14.3. The third kappa shape index (κ3) is 6.15. The van der Waals surface area contributed by atoms with Crippen LogP contribution in [-0.4, -0.2) is 39.5 Å². The van der Waals surface area contributed by atoms with Gasteiger partial charge in [0.2, 0.25) is 5.91 Å². The zero-order valence-corrected chi connectivity index (χ0v) is 18.4. The third-order valence-corrected chi connectivity index (χ3v) is 9.17. The van der Waals surface area contributed by atoms with Crippen LogP contribution < -0.4 is 5.32 Å². The largest absolute Gasteiger partial charge is 0.325 e. The van der Waals surface area contributed by atoms with Gasteiger partial charge in [-0.1, -0.05) is 49.2 Å². The number of sulfone groups is 2. The molecule has 0 radical (unpaired) electrons. The molecular weight excluding hydrogens is 422 g/mol. The van der Waals surface area contributed by atoms with Crippen molar-refractivity contribution in [1.29, 1.82) is 0 Å². The van der Waals surface area contributed by atoms with Gasteiger partial charge in [0.05, 0.1) is 15.9 Å². The van der Waals surface area contributed by atoms with Crippen LogP contribution in [0.15, 0.2) is 59.5 Å². The topological polar surface area (TPSA) is 97.4 Å². The lowest BCUT2D eigenvalue weighted by molar-refractivity contribution is -0.113. The van der Waals surface area contributed by atoms with Gasteiger partial charge in [0.25, 0.3) is 0 Å². The number of amides is 1. The van der Waals surface area contributed by atoms with Crippen molar-refractivity contribution in [1.82, 2.24) is 0 Å². The zero-order chi connectivity index (χ0) is 21.6. The number of aryl methyl sites for hydroxylation is 1. The second-order valence-electron chi connectivity index (χ2n) is 7.71. The molecule has 8 heteroatoms. The summed E-state index contributed by atoms with van der Waals surface area (Å²) in [5.41, 5.74) is 1.34. The first-order valence-electron chi connectivity index (χ1n) is 10.1. The molecule has 0 spiro atoms. The predicted molar refractivity (Wildman–Crippen MR) is 118 cm³/mol. The number of anilines is 1. The van der Waals surface area contributed by atoms with Crippen LogP contribution in [0.4, 0.5) is 5.69 Å². The van der Waals surface area contributed by atoms with E-state index < -0.39 is 31.3 Å². The Bertz CT molecular complexity index is 1070. The average Bonchev–Trinajstić information content (AvgIpc) is 3.24. The molecule has 2 aromatic rings. The molecule has 0 aromatic heterocycles. The fourth-order valence-electron chi connectivity index (χ4n) is 3.75. The number of nitrogens with one attached hydrogen (secondary N) is 1. The van der Waals surface area contributed by atoms with Gasteiger partial charge in [-0.3, -0.25) is 4.79 Å². The molecule has 162 valence electrons. The summed E-state index contributed by atoms with van der Waals surface area (Å²) in [6.45, 7) is 0. The molecule has 1 aliphatic rings. The highest BCUT2D eigenvalue weighted by Crippen LogP contribution is 2.30. The maximum absolute atomic E-state index is 12.7. The van der Waals surface area contributed by atoms with Crippen LogP contribution in [-0.2, 0) is 30.9 Å². The van der Waals surface area contributed by atoms with Crippen LogP contribution in [0.2, 0.25) is 0 Å². The quantitative estimate of drug-likeness (QED) is 0.633. The van der Waals surface area contributed by atoms with Gasteiger partial charge in [0.15, 0.2) is 19.7 Å². The van der Waals surface area contributed by atoms with E-state index in [1.807, 2.05) is 30.3 Å². The first-order valence-corrected chi connectivity index (χ1v) is 13.5. The molecule has 0 atom stereocenters. The number of carbonyl (C=O) groups excluding carboxylic acids is 1. The Hall–Kier alpha value is -2.19. The molecule has 30 heavy (non-hydrogen) atoms. The second-order valence-corrected chi connectivity index (χ2v) is 12.1. The van der Waals surface area contributed by atoms with Crippen LogP contribution in [0.25, 0.3) is 0 Å². The van der Waals surface area contributed by atoms with Gasteiger partial charge in [-0.2, -0.15) is 0 Å². The molecule has 0 saturated heterocycles. The van der Waals surface area contributed by atoms with Crippen molar-refractivity contribution in [3.63, 3.8) is 0 Å². The molecule has 1 fully saturated rings. The first kappa shape index (κ1) is 22.5. The number of benzene rings is 2. The standard InChI is InChI=1S/C22H27NO5S2/c24-22(17-29(25,26)15-7-10-18-8-2-1-3-9-18)23-19-11-6-14-21(16-19)30(27,28)20-12-4-5-13-20/h1-3,6,8-9,11,14,16,20H,4-5,7,10,12-13,15,17H2,(H,23,24). The minimum atomic E-state index is -3.55. The SMILES string of the molecule is O=C(CS(=O)(=O)CCCc1ccccc1)Nc1cccc(S(=O)(=O)C2CCCC2)c1. The van der Waals surface area contributed by atoms with Crippen LogP contribution in [0.3, 0.4) is 0 Å². The summed E-state index contributed by atoms with van der Waals surface area (Å²) in [6, 6.07) is 15.6. The maximum atomic E-state index is 12.7. The van der Waals surface area contributed by atoms with Crippen molar-refractivity contribution in [2.45, 2.75) is 48.7 Å².